The largest absolute Gasteiger partial charge is 0.293 e. The first kappa shape index (κ1) is 14.1. The number of likely N-dealkylation sites (tertiary alicyclic amines) is 1. The average molecular weight is 292 g/mol. The van der Waals surface area contributed by atoms with Crippen molar-refractivity contribution in [2.24, 2.45) is 5.92 Å². The van der Waals surface area contributed by atoms with Crippen molar-refractivity contribution in [3.8, 4) is 0 Å². The average Bonchev–Trinajstić information content (AvgIpc) is 3.09. The zero-order chi connectivity index (χ0) is 13.9. The van der Waals surface area contributed by atoms with E-state index >= 15 is 0 Å². The van der Waals surface area contributed by atoms with Crippen LogP contribution in [-0.4, -0.2) is 29.8 Å². The Labute approximate surface area is 126 Å². The fourth-order valence-corrected chi connectivity index (χ4v) is 4.12. The van der Waals surface area contributed by atoms with E-state index in [1.807, 2.05) is 18.2 Å². The highest BCUT2D eigenvalue weighted by molar-refractivity contribution is 6.34. The maximum Gasteiger partial charge on any atom is 0.178 e. The molecule has 0 bridgehead atoms. The Morgan fingerprint density at radius 3 is 2.65 bits per heavy atom. The summed E-state index contributed by atoms with van der Waals surface area (Å²) < 4.78 is 0. The first-order valence-electron chi connectivity index (χ1n) is 7.77. The van der Waals surface area contributed by atoms with E-state index in [2.05, 4.69) is 4.90 Å². The van der Waals surface area contributed by atoms with E-state index in [1.165, 1.54) is 38.5 Å². The molecule has 108 valence electrons. The number of nitrogens with zero attached hydrogens (tertiary/aromatic N) is 1. The summed E-state index contributed by atoms with van der Waals surface area (Å²) in [7, 11) is 0. The second-order valence-electron chi connectivity index (χ2n) is 6.13. The van der Waals surface area contributed by atoms with E-state index in [0.717, 1.165) is 12.5 Å². The molecular weight excluding hydrogens is 270 g/mol. The van der Waals surface area contributed by atoms with Gasteiger partial charge in [0.2, 0.25) is 0 Å². The van der Waals surface area contributed by atoms with Crippen LogP contribution in [-0.2, 0) is 0 Å². The van der Waals surface area contributed by atoms with E-state index in [0.29, 0.717) is 23.2 Å². The summed E-state index contributed by atoms with van der Waals surface area (Å²) in [6.07, 6.45) is 7.93. The van der Waals surface area contributed by atoms with Crippen LogP contribution in [0.4, 0.5) is 0 Å². The van der Waals surface area contributed by atoms with E-state index in [1.54, 1.807) is 6.07 Å². The molecule has 0 radical (unpaired) electrons. The summed E-state index contributed by atoms with van der Waals surface area (Å²) in [4.78, 5) is 14.9. The summed E-state index contributed by atoms with van der Waals surface area (Å²) in [6.45, 7) is 1.60. The summed E-state index contributed by atoms with van der Waals surface area (Å²) >= 11 is 6.13. The van der Waals surface area contributed by atoms with Gasteiger partial charge >= 0.3 is 0 Å². The Balaban J connectivity index is 1.67. The number of hydrogen-bond acceptors (Lipinski definition) is 2. The summed E-state index contributed by atoms with van der Waals surface area (Å²) in [5, 5.41) is 0.578. The number of hydrogen-bond donors (Lipinski definition) is 0. The molecule has 0 spiro atoms. The quantitative estimate of drug-likeness (QED) is 0.776. The highest BCUT2D eigenvalue weighted by Crippen LogP contribution is 2.35. The van der Waals surface area contributed by atoms with Crippen molar-refractivity contribution in [2.45, 2.75) is 44.6 Å². The van der Waals surface area contributed by atoms with Crippen LogP contribution < -0.4 is 0 Å². The lowest BCUT2D eigenvalue weighted by molar-refractivity contribution is 0.0896. The van der Waals surface area contributed by atoms with Gasteiger partial charge < -0.3 is 0 Å². The molecule has 1 atom stereocenters. The molecule has 1 aromatic rings. The number of Topliss-reactive ketones (excluding diaryl/α,β-unsaturated/α-hetero) is 1. The SMILES string of the molecule is O=C(CN1CCCC1C1CCCC1)c1ccccc1Cl. The van der Waals surface area contributed by atoms with Crippen molar-refractivity contribution >= 4 is 17.4 Å². The minimum absolute atomic E-state index is 0.167. The molecule has 2 aliphatic rings. The Morgan fingerprint density at radius 2 is 1.90 bits per heavy atom. The van der Waals surface area contributed by atoms with Gasteiger partial charge in [0.1, 0.15) is 0 Å². The van der Waals surface area contributed by atoms with Gasteiger partial charge in [-0.25, -0.2) is 0 Å². The van der Waals surface area contributed by atoms with Crippen molar-refractivity contribution in [1.29, 1.82) is 0 Å². The highest BCUT2D eigenvalue weighted by Gasteiger charge is 2.34. The van der Waals surface area contributed by atoms with Crippen LogP contribution in [0.15, 0.2) is 24.3 Å². The zero-order valence-electron chi connectivity index (χ0n) is 11.9. The third-order valence-electron chi connectivity index (χ3n) is 4.88. The minimum Gasteiger partial charge on any atom is -0.293 e. The second kappa shape index (κ2) is 6.28. The lowest BCUT2D eigenvalue weighted by Gasteiger charge is -2.28. The second-order valence-corrected chi connectivity index (χ2v) is 6.53. The molecule has 1 aliphatic heterocycles. The molecular formula is C17H22ClNO. The molecule has 1 saturated heterocycles. The van der Waals surface area contributed by atoms with E-state index in [9.17, 15) is 4.79 Å². The fourth-order valence-electron chi connectivity index (χ4n) is 3.88. The third kappa shape index (κ3) is 2.91. The van der Waals surface area contributed by atoms with Gasteiger partial charge in [-0.2, -0.15) is 0 Å². The Hall–Kier alpha value is -0.860. The molecule has 0 amide bonds. The number of carbonyl (C=O) groups is 1. The molecule has 2 fully saturated rings. The molecule has 0 N–H and O–H groups in total. The zero-order valence-corrected chi connectivity index (χ0v) is 12.6. The first-order valence-corrected chi connectivity index (χ1v) is 8.15. The molecule has 1 heterocycles. The number of carbonyl (C=O) groups excluding carboxylic acids is 1. The van der Waals surface area contributed by atoms with Gasteiger partial charge in [-0.05, 0) is 50.3 Å². The van der Waals surface area contributed by atoms with Crippen molar-refractivity contribution in [3.63, 3.8) is 0 Å². The number of ketones is 1. The molecule has 1 aliphatic carbocycles. The smallest absolute Gasteiger partial charge is 0.178 e. The monoisotopic (exact) mass is 291 g/mol. The van der Waals surface area contributed by atoms with Crippen LogP contribution >= 0.6 is 11.6 Å². The van der Waals surface area contributed by atoms with Gasteiger partial charge in [-0.15, -0.1) is 0 Å². The fraction of sp³-hybridized carbons (Fsp3) is 0.588. The van der Waals surface area contributed by atoms with Crippen LogP contribution in [0, 0.1) is 5.92 Å². The standard InChI is InChI=1S/C17H22ClNO/c18-15-9-4-3-8-14(15)17(20)12-19-11-5-10-16(19)13-6-1-2-7-13/h3-4,8-9,13,16H,1-2,5-7,10-12H2. The van der Waals surface area contributed by atoms with Gasteiger partial charge in [0, 0.05) is 11.6 Å². The molecule has 1 aromatic carbocycles. The molecule has 1 saturated carbocycles. The Bertz CT molecular complexity index is 482. The van der Waals surface area contributed by atoms with Crippen LogP contribution in [0.2, 0.25) is 5.02 Å². The first-order chi connectivity index (χ1) is 9.75. The van der Waals surface area contributed by atoms with Crippen molar-refractivity contribution < 1.29 is 4.79 Å². The maximum atomic E-state index is 12.5. The van der Waals surface area contributed by atoms with Crippen LogP contribution in [0.1, 0.15) is 48.9 Å². The van der Waals surface area contributed by atoms with Gasteiger partial charge in [0.15, 0.2) is 5.78 Å². The van der Waals surface area contributed by atoms with Crippen LogP contribution in [0.25, 0.3) is 0 Å². The Morgan fingerprint density at radius 1 is 1.15 bits per heavy atom. The molecule has 3 rings (SSSR count). The van der Waals surface area contributed by atoms with Gasteiger partial charge in [0.25, 0.3) is 0 Å². The number of halogens is 1. The molecule has 0 aromatic heterocycles. The highest BCUT2D eigenvalue weighted by atomic mass is 35.5. The summed E-state index contributed by atoms with van der Waals surface area (Å²) in [5.41, 5.74) is 0.672. The summed E-state index contributed by atoms with van der Waals surface area (Å²) in [5.74, 6) is 0.983. The predicted octanol–water partition coefficient (Wildman–Crippen LogP) is 4.18. The van der Waals surface area contributed by atoms with E-state index in [-0.39, 0.29) is 5.78 Å². The summed E-state index contributed by atoms with van der Waals surface area (Å²) in [6, 6.07) is 8.02. The van der Waals surface area contributed by atoms with Crippen molar-refractivity contribution in [2.75, 3.05) is 13.1 Å². The van der Waals surface area contributed by atoms with Crippen LogP contribution in [0.3, 0.4) is 0 Å². The number of benzene rings is 1. The normalized spacial score (nSPS) is 24.4. The molecule has 20 heavy (non-hydrogen) atoms. The Kier molecular flexibility index (Phi) is 4.42. The third-order valence-corrected chi connectivity index (χ3v) is 5.21. The molecule has 2 nitrogen and oxygen atoms in total. The van der Waals surface area contributed by atoms with E-state index in [4.69, 9.17) is 11.6 Å². The van der Waals surface area contributed by atoms with Gasteiger partial charge in [-0.3, -0.25) is 9.69 Å². The van der Waals surface area contributed by atoms with Crippen molar-refractivity contribution in [1.82, 2.24) is 4.90 Å². The van der Waals surface area contributed by atoms with Crippen molar-refractivity contribution in [3.05, 3.63) is 34.9 Å². The predicted molar refractivity (Wildman–Crippen MR) is 82.3 cm³/mol. The molecule has 1 unspecified atom stereocenters. The lowest BCUT2D eigenvalue weighted by atomic mass is 9.95. The topological polar surface area (TPSA) is 20.3 Å². The number of rotatable bonds is 4. The van der Waals surface area contributed by atoms with E-state index < -0.39 is 0 Å². The van der Waals surface area contributed by atoms with Gasteiger partial charge in [-0.1, -0.05) is 36.6 Å². The lowest BCUT2D eigenvalue weighted by Crippen LogP contribution is -2.38. The molecule has 3 heteroatoms. The minimum atomic E-state index is 0.167. The van der Waals surface area contributed by atoms with Gasteiger partial charge in [0.05, 0.1) is 11.6 Å². The maximum absolute atomic E-state index is 12.5. The van der Waals surface area contributed by atoms with Crippen LogP contribution in [0.5, 0.6) is 0 Å².